The lowest BCUT2D eigenvalue weighted by Crippen LogP contribution is -2.58. The van der Waals surface area contributed by atoms with Crippen LogP contribution in [0.1, 0.15) is 19.3 Å². The van der Waals surface area contributed by atoms with Crippen LogP contribution in [-0.4, -0.2) is 25.0 Å². The summed E-state index contributed by atoms with van der Waals surface area (Å²) in [7, 11) is -3.75. The van der Waals surface area contributed by atoms with Crippen molar-refractivity contribution in [3.05, 3.63) is 15.9 Å². The Labute approximate surface area is 111 Å². The van der Waals surface area contributed by atoms with E-state index in [9.17, 15) is 13.2 Å². The molecule has 2 rings (SSSR count). The molecule has 1 heterocycles. The number of carbonyl (C=O) groups is 1. The Morgan fingerprint density at radius 1 is 1.47 bits per heavy atom. The molecule has 0 amide bonds. The van der Waals surface area contributed by atoms with Crippen LogP contribution in [0.3, 0.4) is 0 Å². The summed E-state index contributed by atoms with van der Waals surface area (Å²) in [4.78, 5) is 11.1. The second kappa shape index (κ2) is 4.34. The predicted octanol–water partition coefficient (Wildman–Crippen LogP) is 1.80. The normalized spacial score (nSPS) is 18.6. The van der Waals surface area contributed by atoms with E-state index in [0.717, 1.165) is 17.8 Å². The third kappa shape index (κ3) is 2.40. The molecule has 1 aromatic heterocycles. The molecule has 5 nitrogen and oxygen atoms in total. The summed E-state index contributed by atoms with van der Waals surface area (Å²) >= 11 is 4.23. The molecule has 0 aliphatic heterocycles. The average Bonchev–Trinajstić information content (AvgIpc) is 2.58. The lowest BCUT2D eigenvalue weighted by Gasteiger charge is -2.37. The number of aliphatic carboxylic acids is 1. The molecule has 1 aromatic rings. The van der Waals surface area contributed by atoms with E-state index < -0.39 is 21.5 Å². The van der Waals surface area contributed by atoms with Gasteiger partial charge in [0, 0.05) is 0 Å². The number of hydrogen-bond donors (Lipinski definition) is 2. The summed E-state index contributed by atoms with van der Waals surface area (Å²) in [5.41, 5.74) is -1.31. The first-order valence-electron chi connectivity index (χ1n) is 4.88. The van der Waals surface area contributed by atoms with E-state index in [4.69, 9.17) is 5.11 Å². The maximum absolute atomic E-state index is 12.0. The van der Waals surface area contributed by atoms with Crippen molar-refractivity contribution >= 4 is 43.3 Å². The van der Waals surface area contributed by atoms with E-state index in [1.807, 2.05) is 0 Å². The van der Waals surface area contributed by atoms with Crippen molar-refractivity contribution in [2.24, 2.45) is 0 Å². The average molecular weight is 340 g/mol. The van der Waals surface area contributed by atoms with Gasteiger partial charge in [0.15, 0.2) is 0 Å². The van der Waals surface area contributed by atoms with Gasteiger partial charge in [-0.15, -0.1) is 11.3 Å². The van der Waals surface area contributed by atoms with Gasteiger partial charge < -0.3 is 5.11 Å². The fourth-order valence-electron chi connectivity index (χ4n) is 1.64. The van der Waals surface area contributed by atoms with E-state index in [0.29, 0.717) is 16.6 Å². The van der Waals surface area contributed by atoms with E-state index in [-0.39, 0.29) is 4.21 Å². The highest BCUT2D eigenvalue weighted by atomic mass is 79.9. The summed E-state index contributed by atoms with van der Waals surface area (Å²) < 4.78 is 27.1. The van der Waals surface area contributed by atoms with Crippen LogP contribution in [0.2, 0.25) is 0 Å². The van der Waals surface area contributed by atoms with Crippen LogP contribution >= 0.6 is 27.3 Å². The molecule has 0 unspecified atom stereocenters. The van der Waals surface area contributed by atoms with Gasteiger partial charge in [-0.2, -0.15) is 4.72 Å². The fraction of sp³-hybridized carbons (Fsp3) is 0.444. The minimum atomic E-state index is -3.75. The topological polar surface area (TPSA) is 83.5 Å². The molecule has 0 spiro atoms. The van der Waals surface area contributed by atoms with Crippen LogP contribution in [0.4, 0.5) is 0 Å². The van der Waals surface area contributed by atoms with Crippen LogP contribution in [-0.2, 0) is 14.8 Å². The molecule has 1 fully saturated rings. The molecule has 17 heavy (non-hydrogen) atoms. The van der Waals surface area contributed by atoms with Crippen LogP contribution in [0.5, 0.6) is 0 Å². The zero-order valence-electron chi connectivity index (χ0n) is 8.64. The molecular weight excluding hydrogens is 330 g/mol. The van der Waals surface area contributed by atoms with E-state index in [1.165, 1.54) is 6.07 Å². The number of carboxylic acids is 1. The molecule has 0 saturated heterocycles. The predicted molar refractivity (Wildman–Crippen MR) is 66.6 cm³/mol. The lowest BCUT2D eigenvalue weighted by atomic mass is 9.78. The minimum absolute atomic E-state index is 0.122. The molecule has 0 radical (unpaired) electrons. The van der Waals surface area contributed by atoms with Gasteiger partial charge in [-0.25, -0.2) is 8.42 Å². The summed E-state index contributed by atoms with van der Waals surface area (Å²) in [5.74, 6) is -1.11. The van der Waals surface area contributed by atoms with E-state index in [1.54, 1.807) is 6.07 Å². The highest BCUT2D eigenvalue weighted by molar-refractivity contribution is 9.11. The molecule has 0 bridgehead atoms. The largest absolute Gasteiger partial charge is 0.480 e. The zero-order valence-corrected chi connectivity index (χ0v) is 11.9. The van der Waals surface area contributed by atoms with Crippen LogP contribution in [0.25, 0.3) is 0 Å². The summed E-state index contributed by atoms with van der Waals surface area (Å²) in [6.45, 7) is 0. The number of halogens is 1. The van der Waals surface area contributed by atoms with Gasteiger partial charge in [0.1, 0.15) is 9.75 Å². The Hall–Kier alpha value is -0.440. The molecule has 0 aromatic carbocycles. The number of carboxylic acid groups (broad SMARTS) is 1. The monoisotopic (exact) mass is 339 g/mol. The quantitative estimate of drug-likeness (QED) is 0.875. The first-order valence-corrected chi connectivity index (χ1v) is 7.98. The molecule has 1 aliphatic carbocycles. The van der Waals surface area contributed by atoms with Gasteiger partial charge >= 0.3 is 5.97 Å². The molecule has 0 atom stereocenters. The molecule has 94 valence electrons. The van der Waals surface area contributed by atoms with Crippen LogP contribution < -0.4 is 4.72 Å². The Morgan fingerprint density at radius 2 is 2.12 bits per heavy atom. The van der Waals surface area contributed by atoms with Crippen molar-refractivity contribution in [1.82, 2.24) is 4.72 Å². The molecular formula is C9H10BrNO4S2. The third-order valence-electron chi connectivity index (χ3n) is 2.76. The maximum atomic E-state index is 12.0. The van der Waals surface area contributed by atoms with E-state index >= 15 is 0 Å². The third-order valence-corrected chi connectivity index (χ3v) is 6.41. The van der Waals surface area contributed by atoms with Crippen molar-refractivity contribution in [2.45, 2.75) is 29.0 Å². The van der Waals surface area contributed by atoms with E-state index in [2.05, 4.69) is 20.7 Å². The number of thiophene rings is 1. The lowest BCUT2D eigenvalue weighted by molar-refractivity contribution is -0.147. The van der Waals surface area contributed by atoms with Gasteiger partial charge in [-0.05, 0) is 47.3 Å². The molecule has 8 heteroatoms. The van der Waals surface area contributed by atoms with Crippen LogP contribution in [0, 0.1) is 0 Å². The Kier molecular flexibility index (Phi) is 3.32. The van der Waals surface area contributed by atoms with Gasteiger partial charge in [0.2, 0.25) is 0 Å². The zero-order chi connectivity index (χ0) is 12.7. The van der Waals surface area contributed by atoms with Crippen LogP contribution in [0.15, 0.2) is 20.1 Å². The molecule has 1 aliphatic rings. The second-order valence-electron chi connectivity index (χ2n) is 3.90. The van der Waals surface area contributed by atoms with Crippen molar-refractivity contribution in [3.63, 3.8) is 0 Å². The molecule has 2 N–H and O–H groups in total. The second-order valence-corrected chi connectivity index (χ2v) is 8.28. The van der Waals surface area contributed by atoms with Gasteiger partial charge in [-0.1, -0.05) is 0 Å². The highest BCUT2D eigenvalue weighted by Gasteiger charge is 2.47. The Morgan fingerprint density at radius 3 is 2.47 bits per heavy atom. The Balaban J connectivity index is 2.26. The van der Waals surface area contributed by atoms with Crippen molar-refractivity contribution in [2.75, 3.05) is 0 Å². The number of hydrogen-bond acceptors (Lipinski definition) is 4. The number of sulfonamides is 1. The standard InChI is InChI=1S/C9H10BrNO4S2/c10-6-2-3-7(16-6)17(14,15)11-9(8(12)13)4-1-5-9/h2-3,11H,1,4-5H2,(H,12,13). The summed E-state index contributed by atoms with van der Waals surface area (Å²) in [6, 6.07) is 3.07. The van der Waals surface area contributed by atoms with Gasteiger partial charge in [0.05, 0.1) is 3.79 Å². The fourth-order valence-corrected chi connectivity index (χ4v) is 5.07. The van der Waals surface area contributed by atoms with Crippen molar-refractivity contribution in [3.8, 4) is 0 Å². The number of nitrogens with one attached hydrogen (secondary N) is 1. The van der Waals surface area contributed by atoms with Gasteiger partial charge in [-0.3, -0.25) is 4.79 Å². The first kappa shape index (κ1) is 13.0. The number of rotatable bonds is 4. The highest BCUT2D eigenvalue weighted by Crippen LogP contribution is 2.35. The SMILES string of the molecule is O=C(O)C1(NS(=O)(=O)c2ccc(Br)s2)CCC1. The summed E-state index contributed by atoms with van der Waals surface area (Å²) in [5, 5.41) is 9.07. The van der Waals surface area contributed by atoms with Gasteiger partial charge in [0.25, 0.3) is 10.0 Å². The first-order chi connectivity index (χ1) is 7.86. The smallest absolute Gasteiger partial charge is 0.324 e. The maximum Gasteiger partial charge on any atom is 0.324 e. The van der Waals surface area contributed by atoms with Crippen molar-refractivity contribution in [1.29, 1.82) is 0 Å². The minimum Gasteiger partial charge on any atom is -0.480 e. The van der Waals surface area contributed by atoms with Crippen molar-refractivity contribution < 1.29 is 18.3 Å². The Bertz CT molecular complexity index is 547. The summed E-state index contributed by atoms with van der Waals surface area (Å²) in [6.07, 6.45) is 1.41. The molecule has 1 saturated carbocycles.